The van der Waals surface area contributed by atoms with Gasteiger partial charge in [0.2, 0.25) is 0 Å². The Morgan fingerprint density at radius 3 is 2.61 bits per heavy atom. The second-order valence-corrected chi connectivity index (χ2v) is 18.8. The minimum atomic E-state index is -1.15. The number of ether oxygens (including phenoxy) is 1. The highest BCUT2D eigenvalue weighted by Crippen LogP contribution is 2.40. The van der Waals surface area contributed by atoms with E-state index in [1.807, 2.05) is 34.8 Å². The Morgan fingerprint density at radius 1 is 1.10 bits per heavy atom. The molecule has 11 heteroatoms. The van der Waals surface area contributed by atoms with Crippen LogP contribution in [0, 0.1) is 0 Å². The van der Waals surface area contributed by atoms with Crippen LogP contribution >= 0.6 is 11.6 Å². The van der Waals surface area contributed by atoms with Crippen LogP contribution in [0.15, 0.2) is 42.6 Å². The average molecular weight is 592 g/mol. The zero-order valence-corrected chi connectivity index (χ0v) is 26.2. The molecule has 0 bridgehead atoms. The zero-order valence-electron chi connectivity index (χ0n) is 24.5. The first kappa shape index (κ1) is 28.1. The number of rotatable bonds is 10. The molecule has 1 saturated heterocycles. The van der Waals surface area contributed by atoms with Crippen LogP contribution in [0.2, 0.25) is 30.7 Å². The maximum atomic E-state index is 13.8. The highest BCUT2D eigenvalue weighted by molar-refractivity contribution is 6.76. The van der Waals surface area contributed by atoms with Crippen molar-refractivity contribution < 1.29 is 9.53 Å². The molecule has 41 heavy (non-hydrogen) atoms. The standard InChI is InChI=1S/C30H38ClN7O2Si/c1-35-17-22(18-35)21-7-8-23-24(13-21)28(14-29-25(31)15-32-36(29)2)37(30(23)39)16-20-6-9-27-26(12-20)33-34-38(27)19-40-10-11-41(3,4)5/h6-9,12-13,15,22,28H,10-11,14,16-19H2,1-5H3. The molecule has 216 valence electrons. The van der Waals surface area contributed by atoms with E-state index >= 15 is 0 Å². The molecule has 2 aliphatic rings. The molecule has 9 nitrogen and oxygen atoms in total. The van der Waals surface area contributed by atoms with Gasteiger partial charge in [-0.15, -0.1) is 5.10 Å². The summed E-state index contributed by atoms with van der Waals surface area (Å²) in [5.41, 5.74) is 6.78. The monoisotopic (exact) mass is 591 g/mol. The first-order chi connectivity index (χ1) is 19.6. The number of aryl methyl sites for hydroxylation is 1. The van der Waals surface area contributed by atoms with E-state index < -0.39 is 8.07 Å². The molecule has 1 amide bonds. The quantitative estimate of drug-likeness (QED) is 0.189. The molecule has 0 saturated carbocycles. The number of benzene rings is 2. The van der Waals surface area contributed by atoms with E-state index in [9.17, 15) is 4.79 Å². The Balaban J connectivity index is 1.25. The Morgan fingerprint density at radius 2 is 1.90 bits per heavy atom. The Hall–Kier alpha value is -3.05. The van der Waals surface area contributed by atoms with Crippen molar-refractivity contribution >= 4 is 36.6 Å². The van der Waals surface area contributed by atoms with Crippen molar-refractivity contribution in [1.82, 2.24) is 34.6 Å². The minimum Gasteiger partial charge on any atom is -0.359 e. The summed E-state index contributed by atoms with van der Waals surface area (Å²) in [6.45, 7) is 10.7. The fourth-order valence-corrected chi connectivity index (χ4v) is 6.87. The number of hydrogen-bond acceptors (Lipinski definition) is 6. The van der Waals surface area contributed by atoms with Gasteiger partial charge in [0.15, 0.2) is 0 Å². The van der Waals surface area contributed by atoms with Gasteiger partial charge in [-0.3, -0.25) is 9.48 Å². The first-order valence-corrected chi connectivity index (χ1v) is 18.4. The summed E-state index contributed by atoms with van der Waals surface area (Å²) >= 11 is 6.54. The third-order valence-corrected chi connectivity index (χ3v) is 10.4. The number of carbonyl (C=O) groups is 1. The summed E-state index contributed by atoms with van der Waals surface area (Å²) < 4.78 is 9.51. The van der Waals surface area contributed by atoms with Crippen LogP contribution in [0.4, 0.5) is 0 Å². The number of likely N-dealkylation sites (N-methyl/N-ethyl adjacent to an activating group) is 1. The summed E-state index contributed by atoms with van der Waals surface area (Å²) in [5, 5.41) is 13.7. The van der Waals surface area contributed by atoms with Crippen molar-refractivity contribution in [3.8, 4) is 0 Å². The van der Waals surface area contributed by atoms with Crippen LogP contribution < -0.4 is 0 Å². The van der Waals surface area contributed by atoms with Gasteiger partial charge in [-0.1, -0.05) is 54.7 Å². The largest absolute Gasteiger partial charge is 0.359 e. The third-order valence-electron chi connectivity index (χ3n) is 8.38. The molecule has 2 aliphatic heterocycles. The normalized spacial score (nSPS) is 18.0. The molecule has 1 unspecified atom stereocenters. The molecule has 0 N–H and O–H groups in total. The molecule has 0 aliphatic carbocycles. The number of carbonyl (C=O) groups excluding carboxylic acids is 1. The molecule has 0 radical (unpaired) electrons. The first-order valence-electron chi connectivity index (χ1n) is 14.3. The van der Waals surface area contributed by atoms with Crippen molar-refractivity contribution in [3.05, 3.63) is 75.6 Å². The zero-order chi connectivity index (χ0) is 28.9. The predicted octanol–water partition coefficient (Wildman–Crippen LogP) is 5.10. The van der Waals surface area contributed by atoms with E-state index in [1.54, 1.807) is 10.9 Å². The molecule has 4 aromatic rings. The SMILES string of the molecule is CN1CC(c2ccc3c(c2)C(Cc2c(Cl)cnn2C)N(Cc2ccc4c(c2)nnn4COCC[Si](C)(C)C)C3=O)C1. The number of fused-ring (bicyclic) bond motifs is 2. The van der Waals surface area contributed by atoms with Gasteiger partial charge in [-0.2, -0.15) is 5.10 Å². The molecule has 2 aromatic carbocycles. The van der Waals surface area contributed by atoms with E-state index in [0.717, 1.165) is 59.2 Å². The number of likely N-dealkylation sites (tertiary alicyclic amines) is 1. The number of nitrogens with zero attached hydrogens (tertiary/aromatic N) is 7. The summed E-state index contributed by atoms with van der Waals surface area (Å²) in [6.07, 6.45) is 2.26. The Bertz CT molecular complexity index is 1570. The van der Waals surface area contributed by atoms with Gasteiger partial charge in [0, 0.05) is 59.3 Å². The van der Waals surface area contributed by atoms with Crippen LogP contribution in [0.1, 0.15) is 44.7 Å². The fraction of sp³-hybridized carbons (Fsp3) is 0.467. The highest BCUT2D eigenvalue weighted by Gasteiger charge is 2.39. The number of aromatic nitrogens is 5. The number of halogens is 1. The molecule has 2 aromatic heterocycles. The molecular formula is C30H38ClN7O2Si. The molecule has 6 rings (SSSR count). The highest BCUT2D eigenvalue weighted by atomic mass is 35.5. The second-order valence-electron chi connectivity index (χ2n) is 12.7. The minimum absolute atomic E-state index is 0.0418. The summed E-state index contributed by atoms with van der Waals surface area (Å²) in [4.78, 5) is 18.1. The van der Waals surface area contributed by atoms with Gasteiger partial charge in [0.25, 0.3) is 5.91 Å². The van der Waals surface area contributed by atoms with Gasteiger partial charge < -0.3 is 14.5 Å². The summed E-state index contributed by atoms with van der Waals surface area (Å²) in [7, 11) is 2.89. The van der Waals surface area contributed by atoms with Crippen LogP contribution in [0.25, 0.3) is 11.0 Å². The lowest BCUT2D eigenvalue weighted by Crippen LogP contribution is -2.41. The van der Waals surface area contributed by atoms with Crippen LogP contribution in [-0.4, -0.2) is 75.3 Å². The third kappa shape index (κ3) is 5.70. The number of amides is 1. The van der Waals surface area contributed by atoms with E-state index in [-0.39, 0.29) is 11.9 Å². The van der Waals surface area contributed by atoms with E-state index in [4.69, 9.17) is 16.3 Å². The van der Waals surface area contributed by atoms with Crippen molar-refractivity contribution in [3.63, 3.8) is 0 Å². The van der Waals surface area contributed by atoms with Gasteiger partial charge in [-0.25, -0.2) is 4.68 Å². The molecule has 0 spiro atoms. The average Bonchev–Trinajstić information content (AvgIpc) is 3.54. The van der Waals surface area contributed by atoms with Gasteiger partial charge in [0.05, 0.1) is 28.5 Å². The maximum absolute atomic E-state index is 13.8. The van der Waals surface area contributed by atoms with Crippen molar-refractivity contribution in [2.45, 2.75) is 57.3 Å². The summed E-state index contributed by atoms with van der Waals surface area (Å²) in [6, 6.07) is 13.5. The molecule has 1 fully saturated rings. The lowest BCUT2D eigenvalue weighted by atomic mass is 9.88. The molecule has 4 heterocycles. The van der Waals surface area contributed by atoms with Crippen molar-refractivity contribution in [2.24, 2.45) is 7.05 Å². The smallest absolute Gasteiger partial charge is 0.255 e. The lowest BCUT2D eigenvalue weighted by Gasteiger charge is -2.36. The van der Waals surface area contributed by atoms with Gasteiger partial charge >= 0.3 is 0 Å². The van der Waals surface area contributed by atoms with E-state index in [2.05, 4.69) is 65.2 Å². The maximum Gasteiger partial charge on any atom is 0.255 e. The van der Waals surface area contributed by atoms with Crippen LogP contribution in [0.3, 0.4) is 0 Å². The second kappa shape index (κ2) is 11.0. The van der Waals surface area contributed by atoms with Crippen molar-refractivity contribution in [2.75, 3.05) is 26.7 Å². The van der Waals surface area contributed by atoms with Crippen molar-refractivity contribution in [1.29, 1.82) is 0 Å². The van der Waals surface area contributed by atoms with E-state index in [1.165, 1.54) is 5.56 Å². The Labute approximate surface area is 247 Å². The molecular weight excluding hydrogens is 554 g/mol. The lowest BCUT2D eigenvalue weighted by molar-refractivity contribution is 0.0708. The Kier molecular flexibility index (Phi) is 7.52. The molecule has 1 atom stereocenters. The fourth-order valence-electron chi connectivity index (χ4n) is 5.87. The van der Waals surface area contributed by atoms with E-state index in [0.29, 0.717) is 30.6 Å². The van der Waals surface area contributed by atoms with Gasteiger partial charge in [-0.05, 0) is 48.0 Å². The topological polar surface area (TPSA) is 81.3 Å². The predicted molar refractivity (Wildman–Crippen MR) is 163 cm³/mol. The van der Waals surface area contributed by atoms with Gasteiger partial charge in [0.1, 0.15) is 12.2 Å². The van der Waals surface area contributed by atoms with Crippen LogP contribution in [-0.2, 0) is 31.5 Å². The summed E-state index contributed by atoms with van der Waals surface area (Å²) in [5.74, 6) is 0.542. The van der Waals surface area contributed by atoms with Crippen LogP contribution in [0.5, 0.6) is 0 Å². The number of hydrogen-bond donors (Lipinski definition) is 0.